The molecule has 0 aliphatic carbocycles. The molecule has 2 aliphatic heterocycles. The van der Waals surface area contributed by atoms with Crippen molar-refractivity contribution in [1.82, 2.24) is 30.2 Å². The van der Waals surface area contributed by atoms with Crippen molar-refractivity contribution in [2.75, 3.05) is 46.9 Å². The number of ether oxygens (including phenoxy) is 4. The summed E-state index contributed by atoms with van der Waals surface area (Å²) in [5, 5.41) is 3.32. The lowest BCUT2D eigenvalue weighted by atomic mass is 10.1. The molecular weight excluding hydrogens is 693 g/mol. The van der Waals surface area contributed by atoms with Crippen LogP contribution in [0.2, 0.25) is 0 Å². The fraction of sp³-hybridized carbons (Fsp3) is 0.523. The summed E-state index contributed by atoms with van der Waals surface area (Å²) in [6.45, 7) is 14.7. The zero-order chi connectivity index (χ0) is 39.3. The topological polar surface area (TPSA) is 121 Å². The number of nitrogens with one attached hydrogen (secondary N) is 1. The molecule has 11 nitrogen and oxygen atoms in total. The van der Waals surface area contributed by atoms with E-state index in [-0.39, 0.29) is 0 Å². The van der Waals surface area contributed by atoms with E-state index in [9.17, 15) is 4.79 Å². The van der Waals surface area contributed by atoms with Crippen LogP contribution in [0.3, 0.4) is 0 Å². The molecular formula is C44H62N6O5. The normalized spacial score (nSPS) is 16.5. The van der Waals surface area contributed by atoms with E-state index >= 15 is 0 Å². The fourth-order valence-corrected chi connectivity index (χ4v) is 6.56. The number of benzene rings is 2. The van der Waals surface area contributed by atoms with Crippen LogP contribution >= 0.6 is 0 Å². The summed E-state index contributed by atoms with van der Waals surface area (Å²) in [6.07, 6.45) is 12.5. The highest BCUT2D eigenvalue weighted by atomic mass is 16.5. The maximum atomic E-state index is 9.17. The lowest BCUT2D eigenvalue weighted by molar-refractivity contribution is -0.107. The van der Waals surface area contributed by atoms with Gasteiger partial charge in [-0.1, -0.05) is 39.8 Å². The van der Waals surface area contributed by atoms with Crippen LogP contribution < -0.4 is 14.8 Å². The zero-order valence-corrected chi connectivity index (χ0v) is 33.9. The summed E-state index contributed by atoms with van der Waals surface area (Å²) in [4.78, 5) is 29.6. The third-order valence-electron chi connectivity index (χ3n) is 9.56. The van der Waals surface area contributed by atoms with Gasteiger partial charge in [-0.25, -0.2) is 19.9 Å². The minimum Gasteiger partial charge on any atom is -0.496 e. The Morgan fingerprint density at radius 1 is 0.764 bits per heavy atom. The second-order valence-corrected chi connectivity index (χ2v) is 13.8. The molecule has 298 valence electrons. The largest absolute Gasteiger partial charge is 0.496 e. The lowest BCUT2D eigenvalue weighted by Crippen LogP contribution is -2.24. The molecule has 4 heterocycles. The zero-order valence-electron chi connectivity index (χ0n) is 33.9. The Morgan fingerprint density at radius 3 is 1.76 bits per heavy atom. The maximum absolute atomic E-state index is 9.17. The van der Waals surface area contributed by atoms with Gasteiger partial charge in [0.25, 0.3) is 0 Å². The molecule has 2 fully saturated rings. The number of hydrogen-bond acceptors (Lipinski definition) is 11. The van der Waals surface area contributed by atoms with Gasteiger partial charge in [-0.3, -0.25) is 0 Å². The molecule has 4 aromatic rings. The van der Waals surface area contributed by atoms with Crippen molar-refractivity contribution in [1.29, 1.82) is 0 Å². The van der Waals surface area contributed by atoms with E-state index in [2.05, 4.69) is 75.2 Å². The van der Waals surface area contributed by atoms with Gasteiger partial charge in [0.05, 0.1) is 39.6 Å². The second-order valence-electron chi connectivity index (χ2n) is 13.8. The van der Waals surface area contributed by atoms with Crippen LogP contribution in [-0.4, -0.2) is 90.3 Å². The van der Waals surface area contributed by atoms with Crippen LogP contribution in [0.5, 0.6) is 11.5 Å². The number of rotatable bonds is 17. The standard InChI is InChI=1S/C22H31N3O2.C19H25N3O2.C3H6O/c1-4-11-25-12-9-20(15-25)27-16-18-13-17(6-7-21(18)26-3)14-22-23-10-8-19(5-2)24-22;1-3-16-6-9-21-19(22-16)11-14-4-5-18(23-2)15(10-14)13-24-17-7-8-20-12-17;1-2-3-4/h6-8,10,13,20H,4-5,9,11-12,14-16H2,1-3H3;4-6,9-10,17,20H,3,7-8,11-13H2,1-2H3;3H,2H2,1H3. The predicted molar refractivity (Wildman–Crippen MR) is 217 cm³/mol. The number of nitrogens with zero attached hydrogens (tertiary/aromatic N) is 5. The number of carbonyl (C=O) groups is 1. The highest BCUT2D eigenvalue weighted by molar-refractivity contribution is 5.48. The van der Waals surface area contributed by atoms with Crippen molar-refractivity contribution in [3.8, 4) is 11.5 Å². The average molecular weight is 755 g/mol. The number of likely N-dealkylation sites (tertiary alicyclic amines) is 1. The average Bonchev–Trinajstić information content (AvgIpc) is 3.92. The van der Waals surface area contributed by atoms with E-state index in [1.165, 1.54) is 17.5 Å². The van der Waals surface area contributed by atoms with E-state index in [0.29, 0.717) is 31.8 Å². The van der Waals surface area contributed by atoms with E-state index in [1.54, 1.807) is 14.2 Å². The predicted octanol–water partition coefficient (Wildman–Crippen LogP) is 6.75. The molecule has 0 bridgehead atoms. The van der Waals surface area contributed by atoms with Gasteiger partial charge in [-0.05, 0) is 92.7 Å². The molecule has 2 aliphatic rings. The van der Waals surface area contributed by atoms with Crippen molar-refractivity contribution in [3.05, 3.63) is 106 Å². The van der Waals surface area contributed by atoms with Gasteiger partial charge in [-0.15, -0.1) is 0 Å². The second kappa shape index (κ2) is 24.3. The monoisotopic (exact) mass is 754 g/mol. The summed E-state index contributed by atoms with van der Waals surface area (Å²) < 4.78 is 23.2. The molecule has 0 saturated carbocycles. The Morgan fingerprint density at radius 2 is 1.31 bits per heavy atom. The first kappa shape index (κ1) is 43.4. The van der Waals surface area contributed by atoms with Crippen LogP contribution in [0, 0.1) is 0 Å². The van der Waals surface area contributed by atoms with Crippen molar-refractivity contribution >= 4 is 6.29 Å². The molecule has 55 heavy (non-hydrogen) atoms. The number of aldehydes is 1. The molecule has 0 radical (unpaired) electrons. The van der Waals surface area contributed by atoms with Gasteiger partial charge in [0.15, 0.2) is 0 Å². The highest BCUT2D eigenvalue weighted by Gasteiger charge is 2.23. The van der Waals surface area contributed by atoms with Crippen LogP contribution in [0.15, 0.2) is 60.9 Å². The Kier molecular flexibility index (Phi) is 19.2. The third-order valence-corrected chi connectivity index (χ3v) is 9.56. The van der Waals surface area contributed by atoms with Crippen molar-refractivity contribution in [3.63, 3.8) is 0 Å². The molecule has 2 atom stereocenters. The first-order valence-electron chi connectivity index (χ1n) is 19.9. The van der Waals surface area contributed by atoms with Crippen molar-refractivity contribution in [2.24, 2.45) is 0 Å². The molecule has 0 amide bonds. The summed E-state index contributed by atoms with van der Waals surface area (Å²) in [5.41, 5.74) is 6.68. The minimum atomic E-state index is 0.294. The quantitative estimate of drug-likeness (QED) is 0.115. The Labute approximate surface area is 328 Å². The van der Waals surface area contributed by atoms with E-state index < -0.39 is 0 Å². The number of methoxy groups -OCH3 is 2. The van der Waals surface area contributed by atoms with Gasteiger partial charge < -0.3 is 34.0 Å². The number of aryl methyl sites for hydroxylation is 2. The first-order chi connectivity index (χ1) is 26.9. The highest BCUT2D eigenvalue weighted by Crippen LogP contribution is 2.25. The molecule has 0 spiro atoms. The van der Waals surface area contributed by atoms with Gasteiger partial charge in [0.2, 0.25) is 0 Å². The summed E-state index contributed by atoms with van der Waals surface area (Å²) >= 11 is 0. The van der Waals surface area contributed by atoms with Crippen LogP contribution in [-0.2, 0) is 53.2 Å². The Balaban J connectivity index is 0.000000224. The van der Waals surface area contributed by atoms with E-state index in [1.807, 2.05) is 43.6 Å². The van der Waals surface area contributed by atoms with Crippen LogP contribution in [0.4, 0.5) is 0 Å². The summed E-state index contributed by atoms with van der Waals surface area (Å²) in [5.74, 6) is 3.46. The number of carbonyl (C=O) groups excluding carboxylic acids is 1. The fourth-order valence-electron chi connectivity index (χ4n) is 6.56. The van der Waals surface area contributed by atoms with Crippen LogP contribution in [0.25, 0.3) is 0 Å². The molecule has 2 aromatic heterocycles. The van der Waals surface area contributed by atoms with Crippen molar-refractivity contribution < 1.29 is 23.7 Å². The van der Waals surface area contributed by atoms with Gasteiger partial charge in [-0.2, -0.15) is 0 Å². The third kappa shape index (κ3) is 14.7. The smallest absolute Gasteiger partial charge is 0.132 e. The first-order valence-corrected chi connectivity index (χ1v) is 19.9. The van der Waals surface area contributed by atoms with Crippen LogP contribution in [0.1, 0.15) is 98.7 Å². The van der Waals surface area contributed by atoms with Crippen molar-refractivity contribution in [2.45, 2.75) is 104 Å². The van der Waals surface area contributed by atoms with Gasteiger partial charge in [0, 0.05) is 73.8 Å². The molecule has 6 rings (SSSR count). The van der Waals surface area contributed by atoms with E-state index in [4.69, 9.17) is 18.9 Å². The Hall–Kier alpha value is -4.29. The molecule has 2 unspecified atom stereocenters. The molecule has 2 saturated heterocycles. The molecule has 2 aromatic carbocycles. The van der Waals surface area contributed by atoms with E-state index in [0.717, 1.165) is 123 Å². The molecule has 1 N–H and O–H groups in total. The molecule has 11 heteroatoms. The Bertz CT molecular complexity index is 1720. The summed E-state index contributed by atoms with van der Waals surface area (Å²) in [6, 6.07) is 16.4. The van der Waals surface area contributed by atoms with Gasteiger partial charge in [0.1, 0.15) is 29.4 Å². The summed E-state index contributed by atoms with van der Waals surface area (Å²) in [7, 11) is 3.41. The lowest BCUT2D eigenvalue weighted by Gasteiger charge is -2.16. The number of hydrogen-bond donors (Lipinski definition) is 1. The number of aromatic nitrogens is 4. The minimum absolute atomic E-state index is 0.294. The maximum Gasteiger partial charge on any atom is 0.132 e. The SMILES string of the molecule is CCC=O.CCCN1CCC(OCc2cc(Cc3nccc(CC)n3)ccc2OC)C1.CCc1ccnc(Cc2ccc(OC)c(COC3CCNC3)c2)n1. The van der Waals surface area contributed by atoms with Gasteiger partial charge >= 0.3 is 0 Å².